The van der Waals surface area contributed by atoms with E-state index < -0.39 is 0 Å². The number of esters is 1. The van der Waals surface area contributed by atoms with Crippen molar-refractivity contribution in [3.05, 3.63) is 72.3 Å². The molecule has 1 aliphatic rings. The summed E-state index contributed by atoms with van der Waals surface area (Å²) in [4.78, 5) is 12.2. The molecule has 0 saturated carbocycles. The van der Waals surface area contributed by atoms with Crippen molar-refractivity contribution >= 4 is 38.3 Å². The smallest absolute Gasteiger partial charge is 0.306 e. The lowest BCUT2D eigenvalue weighted by Crippen LogP contribution is -2.18. The molecule has 4 aromatic rings. The minimum atomic E-state index is -0.146. The number of ether oxygens (including phenoxy) is 2. The van der Waals surface area contributed by atoms with Gasteiger partial charge in [-0.05, 0) is 63.7 Å². The molecule has 4 aromatic carbocycles. The molecule has 0 radical (unpaired) electrons. The van der Waals surface area contributed by atoms with Crippen molar-refractivity contribution in [3.63, 3.8) is 0 Å². The molecule has 3 nitrogen and oxygen atoms in total. The van der Waals surface area contributed by atoms with E-state index in [1.165, 1.54) is 37.9 Å². The van der Waals surface area contributed by atoms with Crippen LogP contribution in [-0.4, -0.2) is 24.8 Å². The predicted molar refractivity (Wildman–Crippen MR) is 122 cm³/mol. The highest BCUT2D eigenvalue weighted by Gasteiger charge is 2.22. The standard InChI is InChI=1S/C27H26O3/c1-2-29-23-13-14-24(17-23)30-25(28)8-3-5-18-15-21-11-9-19-6-4-7-20-10-12-22(16-18)27(21)26(19)20/h4,6-7,9-16,23-24H,2-3,5,8,17H2,1H3. The van der Waals surface area contributed by atoms with Crippen LogP contribution in [0.2, 0.25) is 0 Å². The van der Waals surface area contributed by atoms with Gasteiger partial charge in [0.05, 0.1) is 6.10 Å². The van der Waals surface area contributed by atoms with E-state index in [4.69, 9.17) is 9.47 Å². The molecule has 0 amide bonds. The van der Waals surface area contributed by atoms with Crippen LogP contribution in [-0.2, 0) is 20.7 Å². The van der Waals surface area contributed by atoms with Crippen molar-refractivity contribution < 1.29 is 14.3 Å². The van der Waals surface area contributed by atoms with E-state index in [-0.39, 0.29) is 18.2 Å². The van der Waals surface area contributed by atoms with Crippen molar-refractivity contribution in [2.24, 2.45) is 0 Å². The van der Waals surface area contributed by atoms with Gasteiger partial charge in [-0.25, -0.2) is 0 Å². The second-order valence-electron chi connectivity index (χ2n) is 8.12. The number of hydrogen-bond acceptors (Lipinski definition) is 3. The molecule has 1 aliphatic carbocycles. The van der Waals surface area contributed by atoms with Gasteiger partial charge in [0.15, 0.2) is 0 Å². The summed E-state index contributed by atoms with van der Waals surface area (Å²) in [7, 11) is 0. The lowest BCUT2D eigenvalue weighted by molar-refractivity contribution is -0.147. The van der Waals surface area contributed by atoms with Gasteiger partial charge in [-0.15, -0.1) is 0 Å². The Morgan fingerprint density at radius 1 is 0.900 bits per heavy atom. The van der Waals surface area contributed by atoms with Crippen molar-refractivity contribution in [1.29, 1.82) is 0 Å². The topological polar surface area (TPSA) is 35.5 Å². The molecule has 0 aromatic heterocycles. The highest BCUT2D eigenvalue weighted by molar-refractivity contribution is 6.23. The third kappa shape index (κ3) is 3.66. The van der Waals surface area contributed by atoms with Crippen LogP contribution < -0.4 is 0 Å². The fourth-order valence-corrected chi connectivity index (χ4v) is 4.69. The largest absolute Gasteiger partial charge is 0.458 e. The molecule has 0 bridgehead atoms. The molecule has 0 spiro atoms. The third-order valence-corrected chi connectivity index (χ3v) is 6.04. The summed E-state index contributed by atoms with van der Waals surface area (Å²) >= 11 is 0. The minimum absolute atomic E-state index is 0.0760. The summed E-state index contributed by atoms with van der Waals surface area (Å²) in [5, 5.41) is 7.80. The quantitative estimate of drug-likeness (QED) is 0.212. The second kappa shape index (κ2) is 8.08. The van der Waals surface area contributed by atoms with Crippen LogP contribution in [0.3, 0.4) is 0 Å². The molecule has 0 fully saturated rings. The summed E-state index contributed by atoms with van der Waals surface area (Å²) in [5.74, 6) is -0.126. The van der Waals surface area contributed by atoms with Gasteiger partial charge in [-0.1, -0.05) is 60.7 Å². The number of carbonyl (C=O) groups is 1. The molecule has 0 aliphatic heterocycles. The Balaban J connectivity index is 1.25. The fraction of sp³-hybridized carbons (Fsp3) is 0.296. The van der Waals surface area contributed by atoms with Crippen LogP contribution in [0.25, 0.3) is 32.3 Å². The van der Waals surface area contributed by atoms with E-state index in [0.717, 1.165) is 19.3 Å². The zero-order chi connectivity index (χ0) is 20.5. The SMILES string of the molecule is CCOC1C=CC(OC(=O)CCCc2cc3ccc4cccc5ccc(c2)c3c45)C1. The van der Waals surface area contributed by atoms with Crippen molar-refractivity contribution in [1.82, 2.24) is 0 Å². The number of rotatable bonds is 7. The van der Waals surface area contributed by atoms with E-state index in [1.54, 1.807) is 0 Å². The summed E-state index contributed by atoms with van der Waals surface area (Å²) in [6, 6.07) is 19.8. The maximum Gasteiger partial charge on any atom is 0.306 e. The summed E-state index contributed by atoms with van der Waals surface area (Å²) in [6.07, 6.45) is 6.69. The Bertz CT molecular complexity index is 1160. The Morgan fingerprint density at radius 2 is 1.53 bits per heavy atom. The second-order valence-corrected chi connectivity index (χ2v) is 8.12. The van der Waals surface area contributed by atoms with Crippen LogP contribution in [0, 0.1) is 0 Å². The third-order valence-electron chi connectivity index (χ3n) is 6.04. The molecule has 30 heavy (non-hydrogen) atoms. The van der Waals surface area contributed by atoms with Crippen molar-refractivity contribution in [2.75, 3.05) is 6.61 Å². The lowest BCUT2D eigenvalue weighted by atomic mass is 9.92. The molecular formula is C27H26O3. The van der Waals surface area contributed by atoms with Gasteiger partial charge in [0.1, 0.15) is 6.10 Å². The number of hydrogen-bond donors (Lipinski definition) is 0. The van der Waals surface area contributed by atoms with Gasteiger partial charge in [-0.2, -0.15) is 0 Å². The Morgan fingerprint density at radius 3 is 2.23 bits per heavy atom. The van der Waals surface area contributed by atoms with E-state index in [9.17, 15) is 4.79 Å². The average molecular weight is 399 g/mol. The van der Waals surface area contributed by atoms with Gasteiger partial charge < -0.3 is 9.47 Å². The summed E-state index contributed by atoms with van der Waals surface area (Å²) < 4.78 is 11.1. The molecular weight excluding hydrogens is 372 g/mol. The van der Waals surface area contributed by atoms with Crippen LogP contribution in [0.5, 0.6) is 0 Å². The Labute approximate surface area is 176 Å². The average Bonchev–Trinajstić information content (AvgIpc) is 3.19. The first-order valence-electron chi connectivity index (χ1n) is 10.9. The predicted octanol–water partition coefficient (Wildman–Crippen LogP) is 6.18. The van der Waals surface area contributed by atoms with Gasteiger partial charge in [0.2, 0.25) is 0 Å². The van der Waals surface area contributed by atoms with Gasteiger partial charge in [0.25, 0.3) is 0 Å². The van der Waals surface area contributed by atoms with E-state index in [2.05, 4.69) is 54.6 Å². The van der Waals surface area contributed by atoms with Gasteiger partial charge in [-0.3, -0.25) is 4.79 Å². The monoisotopic (exact) mass is 398 g/mol. The first-order valence-corrected chi connectivity index (χ1v) is 10.9. The number of aryl methyl sites for hydroxylation is 1. The molecule has 152 valence electrons. The molecule has 0 N–H and O–H groups in total. The molecule has 5 rings (SSSR count). The molecule has 0 heterocycles. The summed E-state index contributed by atoms with van der Waals surface area (Å²) in [5.41, 5.74) is 1.27. The lowest BCUT2D eigenvalue weighted by Gasteiger charge is -2.14. The van der Waals surface area contributed by atoms with Crippen LogP contribution in [0.4, 0.5) is 0 Å². The number of benzene rings is 4. The van der Waals surface area contributed by atoms with E-state index in [1.807, 2.05) is 19.1 Å². The first-order chi connectivity index (χ1) is 14.7. The highest BCUT2D eigenvalue weighted by atomic mass is 16.5. The van der Waals surface area contributed by atoms with Crippen molar-refractivity contribution in [2.45, 2.75) is 44.8 Å². The Kier molecular flexibility index (Phi) is 5.14. The van der Waals surface area contributed by atoms with Crippen molar-refractivity contribution in [3.8, 4) is 0 Å². The highest BCUT2D eigenvalue weighted by Crippen LogP contribution is 2.35. The molecule has 3 heteroatoms. The maximum absolute atomic E-state index is 12.2. The molecule has 2 atom stereocenters. The Hall–Kier alpha value is -2.91. The zero-order valence-electron chi connectivity index (χ0n) is 17.3. The van der Waals surface area contributed by atoms with E-state index in [0.29, 0.717) is 13.0 Å². The van der Waals surface area contributed by atoms with Gasteiger partial charge in [0, 0.05) is 19.4 Å². The first kappa shape index (κ1) is 19.1. The summed E-state index contributed by atoms with van der Waals surface area (Å²) in [6.45, 7) is 2.65. The van der Waals surface area contributed by atoms with Crippen LogP contribution >= 0.6 is 0 Å². The zero-order valence-corrected chi connectivity index (χ0v) is 17.3. The fourth-order valence-electron chi connectivity index (χ4n) is 4.69. The van der Waals surface area contributed by atoms with Crippen LogP contribution in [0.15, 0.2) is 66.7 Å². The minimum Gasteiger partial charge on any atom is -0.458 e. The molecule has 2 unspecified atom stereocenters. The number of carbonyl (C=O) groups excluding carboxylic acids is 1. The van der Waals surface area contributed by atoms with Crippen LogP contribution in [0.1, 0.15) is 31.7 Å². The maximum atomic E-state index is 12.2. The normalized spacial score (nSPS) is 18.7. The van der Waals surface area contributed by atoms with E-state index >= 15 is 0 Å². The van der Waals surface area contributed by atoms with Gasteiger partial charge >= 0.3 is 5.97 Å². The molecule has 0 saturated heterocycles.